The van der Waals surface area contributed by atoms with Crippen LogP contribution < -0.4 is 10.2 Å². The summed E-state index contributed by atoms with van der Waals surface area (Å²) >= 11 is 0. The molecule has 0 amide bonds. The molecule has 0 N–H and O–H groups in total. The molecule has 0 aromatic heterocycles. The largest absolute Gasteiger partial charge is 0.550 e. The Morgan fingerprint density at radius 3 is 1.23 bits per heavy atom. The van der Waals surface area contributed by atoms with Gasteiger partial charge >= 0.3 is 0 Å². The van der Waals surface area contributed by atoms with E-state index in [2.05, 4.69) is 0 Å². The average Bonchev–Trinajstić information content (AvgIpc) is 2.47. The Morgan fingerprint density at radius 2 is 0.955 bits per heavy atom. The second kappa shape index (κ2) is 5.64. The fourth-order valence-corrected chi connectivity index (χ4v) is 3.51. The molecule has 112 valence electrons. The van der Waals surface area contributed by atoms with Crippen LogP contribution in [-0.4, -0.2) is 11.9 Å². The number of aliphatic carboxylic acids is 2. The van der Waals surface area contributed by atoms with Crippen molar-refractivity contribution in [3.8, 4) is 0 Å². The van der Waals surface area contributed by atoms with Gasteiger partial charge in [-0.25, -0.2) is 0 Å². The van der Waals surface area contributed by atoms with E-state index in [0.717, 1.165) is 0 Å². The van der Waals surface area contributed by atoms with E-state index in [9.17, 15) is 19.8 Å². The van der Waals surface area contributed by atoms with Crippen LogP contribution in [0.4, 0.5) is 0 Å². The first kappa shape index (κ1) is 14.3. The monoisotopic (exact) mass is 294 g/mol. The summed E-state index contributed by atoms with van der Waals surface area (Å²) in [6, 6.07) is 17.7. The van der Waals surface area contributed by atoms with Crippen molar-refractivity contribution in [3.63, 3.8) is 0 Å². The third kappa shape index (κ3) is 2.26. The minimum absolute atomic E-state index is 0.624. The van der Waals surface area contributed by atoms with E-state index in [1.807, 2.05) is 0 Å². The van der Waals surface area contributed by atoms with Gasteiger partial charge in [0.1, 0.15) is 0 Å². The van der Waals surface area contributed by atoms with E-state index in [1.54, 1.807) is 60.7 Å². The number of hydrogen-bond donors (Lipinski definition) is 0. The Balaban J connectivity index is 2.04. The Hall–Kier alpha value is -2.62. The summed E-state index contributed by atoms with van der Waals surface area (Å²) in [5.74, 6) is -5.43. The molecule has 2 aromatic carbocycles. The molecular weight excluding hydrogens is 280 g/mol. The first-order valence-corrected chi connectivity index (χ1v) is 7.13. The number of benzene rings is 2. The molecule has 0 radical (unpaired) electrons. The van der Waals surface area contributed by atoms with Gasteiger partial charge in [0, 0.05) is 35.6 Å². The average molecular weight is 294 g/mol. The van der Waals surface area contributed by atoms with Gasteiger partial charge in [-0.15, -0.1) is 0 Å². The van der Waals surface area contributed by atoms with Crippen LogP contribution in [0.1, 0.15) is 23.0 Å². The predicted octanol–water partition coefficient (Wildman–Crippen LogP) is 0.300. The van der Waals surface area contributed by atoms with E-state index >= 15 is 0 Å². The molecule has 0 saturated heterocycles. The topological polar surface area (TPSA) is 80.3 Å². The zero-order valence-corrected chi connectivity index (χ0v) is 11.7. The lowest BCUT2D eigenvalue weighted by molar-refractivity contribution is -0.329. The maximum absolute atomic E-state index is 11.6. The summed E-state index contributed by atoms with van der Waals surface area (Å²) in [6.45, 7) is 0. The number of carboxylic acids is 2. The van der Waals surface area contributed by atoms with Crippen molar-refractivity contribution in [3.05, 3.63) is 71.8 Å². The zero-order chi connectivity index (χ0) is 15.7. The lowest BCUT2D eigenvalue weighted by Gasteiger charge is -2.53. The molecule has 0 bridgehead atoms. The maximum atomic E-state index is 11.6. The number of rotatable bonds is 4. The smallest absolute Gasteiger partial charge is 0.0458 e. The Morgan fingerprint density at radius 1 is 0.636 bits per heavy atom. The van der Waals surface area contributed by atoms with Gasteiger partial charge < -0.3 is 19.8 Å². The molecule has 1 aliphatic carbocycles. The maximum Gasteiger partial charge on any atom is 0.0458 e. The number of carboxylic acid groups (broad SMARTS) is 2. The van der Waals surface area contributed by atoms with Crippen molar-refractivity contribution >= 4 is 11.9 Å². The van der Waals surface area contributed by atoms with Crippen LogP contribution >= 0.6 is 0 Å². The summed E-state index contributed by atoms with van der Waals surface area (Å²) in [4.78, 5) is 23.2. The van der Waals surface area contributed by atoms with Crippen LogP contribution in [0.5, 0.6) is 0 Å². The second-order valence-electron chi connectivity index (χ2n) is 5.56. The molecule has 1 saturated carbocycles. The minimum atomic E-state index is -1.22. The molecule has 4 nitrogen and oxygen atoms in total. The fraction of sp³-hybridized carbons (Fsp3) is 0.222. The highest BCUT2D eigenvalue weighted by atomic mass is 16.4. The lowest BCUT2D eigenvalue weighted by atomic mass is 9.52. The van der Waals surface area contributed by atoms with Crippen molar-refractivity contribution in [2.24, 2.45) is 11.8 Å². The lowest BCUT2D eigenvalue weighted by Crippen LogP contribution is -2.57. The molecule has 0 aliphatic heterocycles. The molecule has 1 aliphatic rings. The van der Waals surface area contributed by atoms with Gasteiger partial charge in [-0.2, -0.15) is 0 Å². The van der Waals surface area contributed by atoms with Crippen LogP contribution in [0.3, 0.4) is 0 Å². The molecule has 0 unspecified atom stereocenters. The number of carbonyl (C=O) groups is 2. The molecule has 4 heteroatoms. The molecule has 2 aromatic rings. The standard InChI is InChI=1S/C18H16O4/c19-17(20)15-13(11-7-3-1-4-8-11)16(18(21)22)14(15)12-9-5-2-6-10-12/h1-10,13-16H,(H,19,20)(H,21,22)/p-2. The zero-order valence-electron chi connectivity index (χ0n) is 11.7. The van der Waals surface area contributed by atoms with Crippen LogP contribution in [0.25, 0.3) is 0 Å². The van der Waals surface area contributed by atoms with Crippen molar-refractivity contribution in [2.45, 2.75) is 11.8 Å². The molecule has 0 heterocycles. The third-order valence-corrected chi connectivity index (χ3v) is 4.46. The highest BCUT2D eigenvalue weighted by Crippen LogP contribution is 2.56. The first-order valence-electron chi connectivity index (χ1n) is 7.13. The van der Waals surface area contributed by atoms with Gasteiger partial charge in [-0.3, -0.25) is 0 Å². The van der Waals surface area contributed by atoms with Crippen molar-refractivity contribution in [1.29, 1.82) is 0 Å². The fourth-order valence-electron chi connectivity index (χ4n) is 3.51. The van der Waals surface area contributed by atoms with E-state index in [1.165, 1.54) is 0 Å². The predicted molar refractivity (Wildman–Crippen MR) is 75.4 cm³/mol. The first-order chi connectivity index (χ1) is 10.6. The summed E-state index contributed by atoms with van der Waals surface area (Å²) in [5.41, 5.74) is 1.39. The van der Waals surface area contributed by atoms with E-state index in [-0.39, 0.29) is 0 Å². The quantitative estimate of drug-likeness (QED) is 0.812. The second-order valence-corrected chi connectivity index (χ2v) is 5.56. The number of carbonyl (C=O) groups excluding carboxylic acids is 2. The highest BCUT2D eigenvalue weighted by Gasteiger charge is 2.52. The van der Waals surface area contributed by atoms with Gasteiger partial charge in [0.25, 0.3) is 0 Å². The van der Waals surface area contributed by atoms with E-state index < -0.39 is 35.6 Å². The van der Waals surface area contributed by atoms with Crippen LogP contribution in [0.15, 0.2) is 60.7 Å². The van der Waals surface area contributed by atoms with Crippen LogP contribution in [0, 0.1) is 11.8 Å². The summed E-state index contributed by atoms with van der Waals surface area (Å²) in [5, 5.41) is 23.2. The van der Waals surface area contributed by atoms with Crippen molar-refractivity contribution in [2.75, 3.05) is 0 Å². The van der Waals surface area contributed by atoms with Gasteiger partial charge in [0.2, 0.25) is 0 Å². The molecule has 3 rings (SSSR count). The third-order valence-electron chi connectivity index (χ3n) is 4.46. The molecule has 0 spiro atoms. The van der Waals surface area contributed by atoms with E-state index in [0.29, 0.717) is 11.1 Å². The van der Waals surface area contributed by atoms with Crippen molar-refractivity contribution < 1.29 is 19.8 Å². The van der Waals surface area contributed by atoms with Gasteiger partial charge in [-0.05, 0) is 11.1 Å². The normalized spacial score (nSPS) is 26.9. The summed E-state index contributed by atoms with van der Waals surface area (Å²) in [7, 11) is 0. The summed E-state index contributed by atoms with van der Waals surface area (Å²) in [6.07, 6.45) is 0. The SMILES string of the molecule is O=C([O-])C1C(c2ccccc2)C(C(=O)[O-])C1c1ccccc1. The van der Waals surface area contributed by atoms with Gasteiger partial charge in [0.05, 0.1) is 0 Å². The summed E-state index contributed by atoms with van der Waals surface area (Å²) < 4.78 is 0. The number of hydrogen-bond acceptors (Lipinski definition) is 4. The Labute approximate surface area is 128 Å². The molecule has 1 fully saturated rings. The van der Waals surface area contributed by atoms with Gasteiger partial charge in [0.15, 0.2) is 0 Å². The van der Waals surface area contributed by atoms with Gasteiger partial charge in [-0.1, -0.05) is 60.7 Å². The Bertz CT molecular complexity index is 611. The molecule has 0 atom stereocenters. The van der Waals surface area contributed by atoms with Crippen molar-refractivity contribution in [1.82, 2.24) is 0 Å². The molecular formula is C18H14O4-2. The van der Waals surface area contributed by atoms with Crippen LogP contribution in [-0.2, 0) is 9.59 Å². The van der Waals surface area contributed by atoms with Crippen LogP contribution in [0.2, 0.25) is 0 Å². The Kier molecular flexibility index (Phi) is 3.67. The molecule has 22 heavy (non-hydrogen) atoms. The highest BCUT2D eigenvalue weighted by molar-refractivity contribution is 5.81. The minimum Gasteiger partial charge on any atom is -0.550 e. The van der Waals surface area contributed by atoms with E-state index in [4.69, 9.17) is 0 Å².